The molecule has 3 rings (SSSR count). The number of likely N-dealkylation sites (N-methyl/N-ethyl adjacent to an activating group) is 1. The van der Waals surface area contributed by atoms with Crippen LogP contribution in [0.3, 0.4) is 0 Å². The lowest BCUT2D eigenvalue weighted by Crippen LogP contribution is -2.26. The van der Waals surface area contributed by atoms with Crippen molar-refractivity contribution < 1.29 is 0 Å². The molecule has 0 saturated carbocycles. The van der Waals surface area contributed by atoms with Gasteiger partial charge in [-0.1, -0.05) is 39.5 Å². The van der Waals surface area contributed by atoms with Gasteiger partial charge in [0.05, 0.1) is 0 Å². The molecule has 2 heterocycles. The fourth-order valence-corrected chi connectivity index (χ4v) is 2.67. The van der Waals surface area contributed by atoms with E-state index in [0.717, 1.165) is 6.54 Å². The van der Waals surface area contributed by atoms with E-state index in [1.807, 2.05) is 13.8 Å². The van der Waals surface area contributed by atoms with Gasteiger partial charge in [0.25, 0.3) is 0 Å². The number of aryl methyl sites for hydroxylation is 1. The van der Waals surface area contributed by atoms with Gasteiger partial charge in [0, 0.05) is 43.2 Å². The molecule has 0 amide bonds. The van der Waals surface area contributed by atoms with E-state index < -0.39 is 0 Å². The fraction of sp³-hybridized carbons (Fsp3) is 0.500. The van der Waals surface area contributed by atoms with Crippen molar-refractivity contribution in [2.45, 2.75) is 34.2 Å². The van der Waals surface area contributed by atoms with Crippen molar-refractivity contribution in [2.75, 3.05) is 13.6 Å². The van der Waals surface area contributed by atoms with Crippen LogP contribution in [-0.4, -0.2) is 23.1 Å². The summed E-state index contributed by atoms with van der Waals surface area (Å²) in [5, 5.41) is 1.43. The Morgan fingerprint density at radius 1 is 1.06 bits per heavy atom. The third kappa shape index (κ3) is 2.30. The molecule has 2 aromatic rings. The van der Waals surface area contributed by atoms with Gasteiger partial charge >= 0.3 is 0 Å². The molecule has 0 radical (unpaired) electrons. The summed E-state index contributed by atoms with van der Waals surface area (Å²) in [7, 11) is 4.39. The van der Waals surface area contributed by atoms with Gasteiger partial charge in [-0.25, -0.2) is 0 Å². The number of fused-ring (bicyclic) bond motifs is 3. The van der Waals surface area contributed by atoms with E-state index in [9.17, 15) is 0 Å². The first-order valence-electron chi connectivity index (χ1n) is 6.51. The SMILES string of the molecule is C.CC.CN1CCc2c(c3ccccc3n2C)C1. The summed E-state index contributed by atoms with van der Waals surface area (Å²) in [4.78, 5) is 2.40. The molecule has 0 aliphatic carbocycles. The van der Waals surface area contributed by atoms with E-state index in [1.165, 1.54) is 35.1 Å². The van der Waals surface area contributed by atoms with Gasteiger partial charge < -0.3 is 9.47 Å². The van der Waals surface area contributed by atoms with Crippen molar-refractivity contribution in [2.24, 2.45) is 7.05 Å². The van der Waals surface area contributed by atoms with Crippen molar-refractivity contribution >= 4 is 10.9 Å². The van der Waals surface area contributed by atoms with Crippen LogP contribution in [0.5, 0.6) is 0 Å². The molecule has 1 aromatic heterocycles. The first-order chi connectivity index (χ1) is 8.27. The van der Waals surface area contributed by atoms with Gasteiger partial charge in [0.2, 0.25) is 0 Å². The second kappa shape index (κ2) is 6.05. The fourth-order valence-electron chi connectivity index (χ4n) is 2.67. The van der Waals surface area contributed by atoms with Crippen LogP contribution in [0.1, 0.15) is 32.5 Å². The van der Waals surface area contributed by atoms with E-state index >= 15 is 0 Å². The summed E-state index contributed by atoms with van der Waals surface area (Å²) >= 11 is 0. The summed E-state index contributed by atoms with van der Waals surface area (Å²) < 4.78 is 2.36. The molecule has 18 heavy (non-hydrogen) atoms. The Morgan fingerprint density at radius 3 is 2.44 bits per heavy atom. The van der Waals surface area contributed by atoms with E-state index in [4.69, 9.17) is 0 Å². The zero-order valence-electron chi connectivity index (χ0n) is 11.3. The van der Waals surface area contributed by atoms with Crippen molar-refractivity contribution in [3.05, 3.63) is 35.5 Å². The van der Waals surface area contributed by atoms with Crippen LogP contribution >= 0.6 is 0 Å². The summed E-state index contributed by atoms with van der Waals surface area (Å²) in [5.74, 6) is 0. The third-order valence-corrected chi connectivity index (χ3v) is 3.50. The normalized spacial score (nSPS) is 14.4. The Kier molecular flexibility index (Phi) is 4.97. The highest BCUT2D eigenvalue weighted by atomic mass is 15.1. The first-order valence-corrected chi connectivity index (χ1v) is 6.51. The van der Waals surface area contributed by atoms with Gasteiger partial charge in [0.15, 0.2) is 0 Å². The number of hydrogen-bond acceptors (Lipinski definition) is 1. The summed E-state index contributed by atoms with van der Waals surface area (Å²) in [6.07, 6.45) is 1.18. The standard InChI is InChI=1S/C13H16N2.C2H6.CH4/c1-14-8-7-13-11(9-14)10-5-3-4-6-12(10)15(13)2;1-2;/h3-6H,7-9H2,1-2H3;1-2H3;1H4. The van der Waals surface area contributed by atoms with Crippen LogP contribution in [0.15, 0.2) is 24.3 Å². The lowest BCUT2D eigenvalue weighted by Gasteiger charge is -2.23. The molecule has 100 valence electrons. The Hall–Kier alpha value is -1.28. The molecule has 0 fully saturated rings. The first kappa shape index (κ1) is 14.8. The van der Waals surface area contributed by atoms with Crippen LogP contribution in [0.2, 0.25) is 0 Å². The molecular weight excluding hydrogens is 220 g/mol. The monoisotopic (exact) mass is 246 g/mol. The highest BCUT2D eigenvalue weighted by molar-refractivity contribution is 5.85. The highest BCUT2D eigenvalue weighted by Crippen LogP contribution is 2.29. The molecule has 1 aliphatic rings. The molecule has 0 spiro atoms. The Labute approximate surface area is 111 Å². The summed E-state index contributed by atoms with van der Waals surface area (Å²) in [5.41, 5.74) is 4.42. The molecule has 2 heteroatoms. The van der Waals surface area contributed by atoms with Crippen molar-refractivity contribution in [1.82, 2.24) is 9.47 Å². The number of nitrogens with zero attached hydrogens (tertiary/aromatic N) is 2. The number of aromatic nitrogens is 1. The molecule has 1 aromatic carbocycles. The molecule has 0 saturated heterocycles. The predicted octanol–water partition coefficient (Wildman–Crippen LogP) is 3.83. The Balaban J connectivity index is 0.000000516. The Bertz CT molecular complexity index is 511. The number of rotatable bonds is 0. The molecule has 0 bridgehead atoms. The minimum atomic E-state index is 0. The van der Waals surface area contributed by atoms with E-state index in [0.29, 0.717) is 0 Å². The van der Waals surface area contributed by atoms with E-state index in [-0.39, 0.29) is 7.43 Å². The van der Waals surface area contributed by atoms with E-state index in [1.54, 1.807) is 0 Å². The maximum atomic E-state index is 2.40. The van der Waals surface area contributed by atoms with Crippen molar-refractivity contribution in [1.29, 1.82) is 0 Å². The molecule has 0 unspecified atom stereocenters. The second-order valence-corrected chi connectivity index (χ2v) is 4.49. The molecular formula is C16H26N2. The van der Waals surface area contributed by atoms with Crippen molar-refractivity contribution in [3.8, 4) is 0 Å². The summed E-state index contributed by atoms with van der Waals surface area (Å²) in [6.45, 7) is 6.27. The van der Waals surface area contributed by atoms with Crippen LogP contribution in [0.4, 0.5) is 0 Å². The lowest BCUT2D eigenvalue weighted by atomic mass is 10.1. The average Bonchev–Trinajstić information content (AvgIpc) is 2.66. The number of para-hydroxylation sites is 1. The third-order valence-electron chi connectivity index (χ3n) is 3.50. The summed E-state index contributed by atoms with van der Waals surface area (Å²) in [6, 6.07) is 8.72. The van der Waals surface area contributed by atoms with Gasteiger partial charge in [0.1, 0.15) is 0 Å². The second-order valence-electron chi connectivity index (χ2n) is 4.49. The predicted molar refractivity (Wildman–Crippen MR) is 81.0 cm³/mol. The van der Waals surface area contributed by atoms with Gasteiger partial charge in [-0.3, -0.25) is 0 Å². The highest BCUT2D eigenvalue weighted by Gasteiger charge is 2.19. The number of hydrogen-bond donors (Lipinski definition) is 0. The van der Waals surface area contributed by atoms with Crippen LogP contribution < -0.4 is 0 Å². The average molecular weight is 246 g/mol. The van der Waals surface area contributed by atoms with Gasteiger partial charge in [-0.05, 0) is 18.7 Å². The van der Waals surface area contributed by atoms with E-state index in [2.05, 4.69) is 47.8 Å². The van der Waals surface area contributed by atoms with Gasteiger partial charge in [-0.2, -0.15) is 0 Å². The molecule has 0 N–H and O–H groups in total. The maximum Gasteiger partial charge on any atom is 0.0483 e. The topological polar surface area (TPSA) is 8.17 Å². The van der Waals surface area contributed by atoms with Crippen LogP contribution in [0.25, 0.3) is 10.9 Å². The lowest BCUT2D eigenvalue weighted by molar-refractivity contribution is 0.310. The zero-order valence-corrected chi connectivity index (χ0v) is 11.3. The van der Waals surface area contributed by atoms with Gasteiger partial charge in [-0.15, -0.1) is 0 Å². The molecule has 0 atom stereocenters. The minimum Gasteiger partial charge on any atom is -0.347 e. The molecule has 1 aliphatic heterocycles. The smallest absolute Gasteiger partial charge is 0.0483 e. The Morgan fingerprint density at radius 2 is 1.72 bits per heavy atom. The quantitative estimate of drug-likeness (QED) is 0.686. The largest absolute Gasteiger partial charge is 0.347 e. The van der Waals surface area contributed by atoms with Crippen molar-refractivity contribution in [3.63, 3.8) is 0 Å². The van der Waals surface area contributed by atoms with Crippen LogP contribution in [0, 0.1) is 0 Å². The van der Waals surface area contributed by atoms with Crippen LogP contribution in [-0.2, 0) is 20.0 Å². The zero-order chi connectivity index (χ0) is 12.4. The molecule has 2 nitrogen and oxygen atoms in total. The number of benzene rings is 1. The maximum absolute atomic E-state index is 2.40. The minimum absolute atomic E-state index is 0.